The van der Waals surface area contributed by atoms with Crippen LogP contribution in [0.2, 0.25) is 0 Å². The zero-order chi connectivity index (χ0) is 9.38. The topological polar surface area (TPSA) is 28.2 Å². The van der Waals surface area contributed by atoms with Gasteiger partial charge in [0.05, 0.1) is 11.9 Å². The minimum absolute atomic E-state index is 0.718. The molecule has 1 aromatic heterocycles. The van der Waals surface area contributed by atoms with Crippen LogP contribution in [-0.2, 0) is 0 Å². The number of hydrogen-bond acceptors (Lipinski definition) is 3. The largest absolute Gasteiger partial charge is 0.368 e. The fourth-order valence-corrected chi connectivity index (χ4v) is 2.60. The van der Waals surface area contributed by atoms with Gasteiger partial charge < -0.3 is 10.2 Å². The smallest absolute Gasteiger partial charge is 0.0553 e. The molecule has 3 heteroatoms. The van der Waals surface area contributed by atoms with Gasteiger partial charge in [-0.15, -0.1) is 0 Å². The van der Waals surface area contributed by atoms with Crippen LogP contribution >= 0.6 is 0 Å². The number of fused-ring (bicyclic) bond motifs is 1. The average molecular weight is 189 g/mol. The van der Waals surface area contributed by atoms with Crippen molar-refractivity contribution in [1.29, 1.82) is 0 Å². The lowest BCUT2D eigenvalue weighted by atomic mass is 10.1. The summed E-state index contributed by atoms with van der Waals surface area (Å²) in [6, 6.07) is 4.88. The van der Waals surface area contributed by atoms with E-state index in [0.717, 1.165) is 18.5 Å². The predicted octanol–water partition coefficient (Wildman–Crippen LogP) is 0.880. The van der Waals surface area contributed by atoms with Gasteiger partial charge in [0.1, 0.15) is 0 Å². The first-order valence-corrected chi connectivity index (χ1v) is 5.32. The third-order valence-electron chi connectivity index (χ3n) is 3.37. The molecule has 0 saturated carbocycles. The van der Waals surface area contributed by atoms with Crippen molar-refractivity contribution < 1.29 is 0 Å². The molecule has 2 atom stereocenters. The van der Waals surface area contributed by atoms with Crippen LogP contribution in [-0.4, -0.2) is 30.7 Å². The fourth-order valence-electron chi connectivity index (χ4n) is 2.60. The summed E-state index contributed by atoms with van der Waals surface area (Å²) in [6.07, 6.45) is 5.13. The molecule has 1 aromatic rings. The van der Waals surface area contributed by atoms with E-state index in [1.54, 1.807) is 0 Å². The molecule has 2 saturated heterocycles. The maximum absolute atomic E-state index is 4.16. The second-order valence-corrected chi connectivity index (χ2v) is 4.23. The number of pyridine rings is 1. The highest BCUT2D eigenvalue weighted by atomic mass is 15.2. The Balaban J connectivity index is 1.77. The fraction of sp³-hybridized carbons (Fsp3) is 0.545. The van der Waals surface area contributed by atoms with E-state index in [0.29, 0.717) is 0 Å². The molecule has 3 nitrogen and oxygen atoms in total. The summed E-state index contributed by atoms with van der Waals surface area (Å²) in [4.78, 5) is 6.60. The number of anilines is 1. The molecule has 0 amide bonds. The SMILES string of the molecule is c1cncc(N2CC3CCN[C@@H]3C2)c1. The predicted molar refractivity (Wildman–Crippen MR) is 56.3 cm³/mol. The number of nitrogens with zero attached hydrogens (tertiary/aromatic N) is 2. The molecule has 74 valence electrons. The van der Waals surface area contributed by atoms with Crippen LogP contribution in [0.25, 0.3) is 0 Å². The van der Waals surface area contributed by atoms with Gasteiger partial charge in [-0.3, -0.25) is 4.98 Å². The second kappa shape index (κ2) is 3.24. The minimum Gasteiger partial charge on any atom is -0.368 e. The summed E-state index contributed by atoms with van der Waals surface area (Å²) < 4.78 is 0. The van der Waals surface area contributed by atoms with Crippen molar-refractivity contribution in [3.63, 3.8) is 0 Å². The van der Waals surface area contributed by atoms with Gasteiger partial charge in [-0.2, -0.15) is 0 Å². The summed E-state index contributed by atoms with van der Waals surface area (Å²) in [6.45, 7) is 3.55. The summed E-state index contributed by atoms with van der Waals surface area (Å²) in [5, 5.41) is 3.56. The van der Waals surface area contributed by atoms with Crippen molar-refractivity contribution in [2.75, 3.05) is 24.5 Å². The van der Waals surface area contributed by atoms with E-state index in [1.165, 1.54) is 25.2 Å². The third kappa shape index (κ3) is 1.28. The van der Waals surface area contributed by atoms with Gasteiger partial charge in [0.15, 0.2) is 0 Å². The second-order valence-electron chi connectivity index (χ2n) is 4.23. The lowest BCUT2D eigenvalue weighted by Crippen LogP contribution is -2.30. The van der Waals surface area contributed by atoms with Crippen LogP contribution in [0.15, 0.2) is 24.5 Å². The summed E-state index contributed by atoms with van der Waals surface area (Å²) >= 11 is 0. The maximum atomic E-state index is 4.16. The molecular formula is C11H15N3. The van der Waals surface area contributed by atoms with Crippen molar-refractivity contribution in [3.05, 3.63) is 24.5 Å². The molecule has 0 aromatic carbocycles. The Kier molecular flexibility index (Phi) is 1.91. The van der Waals surface area contributed by atoms with Crippen LogP contribution < -0.4 is 10.2 Å². The molecule has 0 aliphatic carbocycles. The van der Waals surface area contributed by atoms with Crippen molar-refractivity contribution >= 4 is 5.69 Å². The van der Waals surface area contributed by atoms with Gasteiger partial charge in [0, 0.05) is 25.3 Å². The number of hydrogen-bond donors (Lipinski definition) is 1. The van der Waals surface area contributed by atoms with Crippen LogP contribution in [0.4, 0.5) is 5.69 Å². The van der Waals surface area contributed by atoms with E-state index in [1.807, 2.05) is 18.5 Å². The zero-order valence-corrected chi connectivity index (χ0v) is 8.19. The van der Waals surface area contributed by atoms with Crippen molar-refractivity contribution in [2.45, 2.75) is 12.5 Å². The normalized spacial score (nSPS) is 30.7. The summed E-state index contributed by atoms with van der Waals surface area (Å²) in [5.41, 5.74) is 1.27. The number of aromatic nitrogens is 1. The van der Waals surface area contributed by atoms with Crippen molar-refractivity contribution in [1.82, 2.24) is 10.3 Å². The molecule has 1 unspecified atom stereocenters. The summed E-state index contributed by atoms with van der Waals surface area (Å²) in [5.74, 6) is 0.857. The Morgan fingerprint density at radius 2 is 2.43 bits per heavy atom. The molecule has 0 radical (unpaired) electrons. The Morgan fingerprint density at radius 3 is 3.21 bits per heavy atom. The Hall–Kier alpha value is -1.09. The Morgan fingerprint density at radius 1 is 1.43 bits per heavy atom. The summed E-state index contributed by atoms with van der Waals surface area (Å²) in [7, 11) is 0. The van der Waals surface area contributed by atoms with Crippen molar-refractivity contribution in [2.24, 2.45) is 5.92 Å². The molecule has 3 heterocycles. The van der Waals surface area contributed by atoms with E-state index in [2.05, 4.69) is 21.3 Å². The molecular weight excluding hydrogens is 174 g/mol. The van der Waals surface area contributed by atoms with E-state index in [-0.39, 0.29) is 0 Å². The molecule has 2 aliphatic rings. The number of nitrogens with one attached hydrogen (secondary N) is 1. The highest BCUT2D eigenvalue weighted by Crippen LogP contribution is 2.28. The van der Waals surface area contributed by atoms with E-state index >= 15 is 0 Å². The lowest BCUT2D eigenvalue weighted by molar-refractivity contribution is 0.556. The molecule has 14 heavy (non-hydrogen) atoms. The first kappa shape index (κ1) is 8.24. The first-order chi connectivity index (χ1) is 6.93. The van der Waals surface area contributed by atoms with Crippen LogP contribution in [0, 0.1) is 5.92 Å². The van der Waals surface area contributed by atoms with Crippen LogP contribution in [0.5, 0.6) is 0 Å². The van der Waals surface area contributed by atoms with Crippen LogP contribution in [0.3, 0.4) is 0 Å². The van der Waals surface area contributed by atoms with Gasteiger partial charge >= 0.3 is 0 Å². The van der Waals surface area contributed by atoms with Crippen molar-refractivity contribution in [3.8, 4) is 0 Å². The highest BCUT2D eigenvalue weighted by molar-refractivity contribution is 5.45. The van der Waals surface area contributed by atoms with Gasteiger partial charge in [0.25, 0.3) is 0 Å². The Labute approximate surface area is 84.1 Å². The highest BCUT2D eigenvalue weighted by Gasteiger charge is 2.35. The van der Waals surface area contributed by atoms with Crippen LogP contribution in [0.1, 0.15) is 6.42 Å². The van der Waals surface area contributed by atoms with Gasteiger partial charge in [-0.25, -0.2) is 0 Å². The molecule has 3 rings (SSSR count). The molecule has 0 bridgehead atoms. The zero-order valence-electron chi connectivity index (χ0n) is 8.19. The van der Waals surface area contributed by atoms with E-state index < -0.39 is 0 Å². The molecule has 2 fully saturated rings. The van der Waals surface area contributed by atoms with Gasteiger partial charge in [0.2, 0.25) is 0 Å². The van der Waals surface area contributed by atoms with Gasteiger partial charge in [-0.05, 0) is 31.0 Å². The maximum Gasteiger partial charge on any atom is 0.0553 e. The van der Waals surface area contributed by atoms with E-state index in [4.69, 9.17) is 0 Å². The minimum atomic E-state index is 0.718. The number of rotatable bonds is 1. The monoisotopic (exact) mass is 189 g/mol. The van der Waals surface area contributed by atoms with E-state index in [9.17, 15) is 0 Å². The molecule has 1 N–H and O–H groups in total. The molecule has 2 aliphatic heterocycles. The van der Waals surface area contributed by atoms with Gasteiger partial charge in [-0.1, -0.05) is 0 Å². The third-order valence-corrected chi connectivity index (χ3v) is 3.37. The first-order valence-electron chi connectivity index (χ1n) is 5.32. The quantitative estimate of drug-likeness (QED) is 0.711. The average Bonchev–Trinajstić information content (AvgIpc) is 2.78. The standard InChI is InChI=1S/C11H15N3/c1-2-10(6-12-4-1)14-7-9-3-5-13-11(9)8-14/h1-2,4,6,9,11,13H,3,5,7-8H2/t9?,11-/m1/s1. The molecule has 0 spiro atoms. The lowest BCUT2D eigenvalue weighted by Gasteiger charge is -2.18. The Bertz CT molecular complexity index is 300.